The van der Waals surface area contributed by atoms with Gasteiger partial charge in [-0.3, -0.25) is 0 Å². The van der Waals surface area contributed by atoms with Crippen molar-refractivity contribution in [1.82, 2.24) is 10.4 Å². The molecule has 2 rings (SSSR count). The van der Waals surface area contributed by atoms with E-state index in [4.69, 9.17) is 4.84 Å². The third-order valence-corrected chi connectivity index (χ3v) is 3.71. The molecule has 0 aromatic heterocycles. The largest absolute Gasteiger partial charge is 0.428 e. The second-order valence-corrected chi connectivity index (χ2v) is 4.91. The predicted octanol–water partition coefficient (Wildman–Crippen LogP) is 1.49. The monoisotopic (exact) mass is 282 g/mol. The van der Waals surface area contributed by atoms with Crippen LogP contribution in [0.5, 0.6) is 0 Å². The van der Waals surface area contributed by atoms with Crippen molar-refractivity contribution in [1.29, 1.82) is 0 Å². The highest BCUT2D eigenvalue weighted by Crippen LogP contribution is 2.33. The summed E-state index contributed by atoms with van der Waals surface area (Å²) in [7, 11) is 1.52. The minimum atomic E-state index is -0.441. The zero-order chi connectivity index (χ0) is 14.5. The minimum absolute atomic E-state index is 0.0224. The van der Waals surface area contributed by atoms with Crippen molar-refractivity contribution in [3.63, 3.8) is 0 Å². The zero-order valence-corrected chi connectivity index (χ0v) is 11.4. The topological polar surface area (TPSA) is 61.8 Å². The Bertz CT molecular complexity index is 452. The Kier molecular flexibility index (Phi) is 4.92. The number of likely N-dealkylation sites (tertiary alicyclic amines) is 1. The number of hydrogen-bond acceptors (Lipinski definition) is 4. The average Bonchev–Trinajstić information content (AvgIpc) is 2.47. The van der Waals surface area contributed by atoms with Gasteiger partial charge in [0.15, 0.2) is 0 Å². The summed E-state index contributed by atoms with van der Waals surface area (Å²) in [6.07, 6.45) is 0.277. The quantitative estimate of drug-likeness (QED) is 0.825. The highest BCUT2D eigenvalue weighted by molar-refractivity contribution is 5.67. The first-order valence-corrected chi connectivity index (χ1v) is 6.64. The molecule has 0 saturated carbocycles. The van der Waals surface area contributed by atoms with E-state index in [-0.39, 0.29) is 24.3 Å². The van der Waals surface area contributed by atoms with Crippen molar-refractivity contribution < 1.29 is 19.1 Å². The summed E-state index contributed by atoms with van der Waals surface area (Å²) in [5.74, 6) is -0.220. The van der Waals surface area contributed by atoms with Gasteiger partial charge in [0.2, 0.25) is 0 Å². The highest BCUT2D eigenvalue weighted by atomic mass is 19.1. The Morgan fingerprint density at radius 1 is 1.50 bits per heavy atom. The fourth-order valence-electron chi connectivity index (χ4n) is 2.68. The van der Waals surface area contributed by atoms with Crippen LogP contribution < -0.4 is 5.48 Å². The number of aliphatic hydroxyl groups is 1. The Labute approximate surface area is 117 Å². The van der Waals surface area contributed by atoms with E-state index in [0.29, 0.717) is 13.1 Å². The van der Waals surface area contributed by atoms with E-state index in [1.807, 2.05) is 0 Å². The second kappa shape index (κ2) is 6.67. The summed E-state index contributed by atoms with van der Waals surface area (Å²) in [5, 5.41) is 9.54. The van der Waals surface area contributed by atoms with Gasteiger partial charge in [0.1, 0.15) is 5.82 Å². The Morgan fingerprint density at radius 2 is 2.20 bits per heavy atom. The third kappa shape index (κ3) is 3.26. The van der Waals surface area contributed by atoms with Gasteiger partial charge in [0, 0.05) is 32.7 Å². The minimum Gasteiger partial charge on any atom is -0.396 e. The summed E-state index contributed by atoms with van der Waals surface area (Å²) in [4.78, 5) is 18.0. The number of nitrogens with zero attached hydrogens (tertiary/aromatic N) is 1. The SMILES string of the molecule is CNOC(=O)N1CCC(c2ccc(F)cc2)[C@H](CO)C1. The van der Waals surface area contributed by atoms with Crippen molar-refractivity contribution in [2.24, 2.45) is 5.92 Å². The van der Waals surface area contributed by atoms with E-state index in [1.165, 1.54) is 19.2 Å². The van der Waals surface area contributed by atoms with Crippen LogP contribution in [0.15, 0.2) is 24.3 Å². The second-order valence-electron chi connectivity index (χ2n) is 4.91. The number of amides is 1. The third-order valence-electron chi connectivity index (χ3n) is 3.71. The van der Waals surface area contributed by atoms with E-state index in [2.05, 4.69) is 5.48 Å². The normalized spacial score (nSPS) is 22.6. The molecular formula is C14H19FN2O3. The van der Waals surface area contributed by atoms with Gasteiger partial charge in [-0.1, -0.05) is 12.1 Å². The molecule has 1 aliphatic heterocycles. The van der Waals surface area contributed by atoms with Gasteiger partial charge >= 0.3 is 6.09 Å². The maximum Gasteiger partial charge on any atom is 0.428 e. The first-order valence-electron chi connectivity index (χ1n) is 6.64. The number of aliphatic hydroxyl groups excluding tert-OH is 1. The van der Waals surface area contributed by atoms with Crippen LogP contribution in [0.3, 0.4) is 0 Å². The molecule has 2 atom stereocenters. The number of benzene rings is 1. The highest BCUT2D eigenvalue weighted by Gasteiger charge is 2.32. The molecule has 0 bridgehead atoms. The summed E-state index contributed by atoms with van der Waals surface area (Å²) in [6.45, 7) is 0.962. The van der Waals surface area contributed by atoms with Gasteiger partial charge in [-0.05, 0) is 30.0 Å². The molecule has 1 unspecified atom stereocenters. The van der Waals surface area contributed by atoms with Crippen molar-refractivity contribution in [2.45, 2.75) is 12.3 Å². The van der Waals surface area contributed by atoms with Gasteiger partial charge in [-0.15, -0.1) is 0 Å². The zero-order valence-electron chi connectivity index (χ0n) is 11.4. The smallest absolute Gasteiger partial charge is 0.396 e. The van der Waals surface area contributed by atoms with Crippen molar-refractivity contribution in [2.75, 3.05) is 26.7 Å². The van der Waals surface area contributed by atoms with Gasteiger partial charge in [-0.2, -0.15) is 5.48 Å². The number of nitrogens with one attached hydrogen (secondary N) is 1. The summed E-state index contributed by atoms with van der Waals surface area (Å²) in [6, 6.07) is 6.32. The molecule has 1 amide bonds. The van der Waals surface area contributed by atoms with Crippen molar-refractivity contribution in [3.8, 4) is 0 Å². The van der Waals surface area contributed by atoms with Gasteiger partial charge < -0.3 is 14.8 Å². The van der Waals surface area contributed by atoms with Crippen LogP contribution in [-0.4, -0.2) is 42.8 Å². The van der Waals surface area contributed by atoms with E-state index < -0.39 is 6.09 Å². The molecule has 2 N–H and O–H groups in total. The lowest BCUT2D eigenvalue weighted by Crippen LogP contribution is -2.45. The van der Waals surface area contributed by atoms with Crippen LogP contribution in [0.25, 0.3) is 0 Å². The molecule has 1 aromatic rings. The summed E-state index contributed by atoms with van der Waals surface area (Å²) in [5.41, 5.74) is 3.34. The molecular weight excluding hydrogens is 263 g/mol. The fourth-order valence-corrected chi connectivity index (χ4v) is 2.68. The van der Waals surface area contributed by atoms with E-state index in [9.17, 15) is 14.3 Å². The van der Waals surface area contributed by atoms with Crippen LogP contribution >= 0.6 is 0 Å². The Morgan fingerprint density at radius 3 is 2.80 bits per heavy atom. The molecule has 1 heterocycles. The molecule has 1 saturated heterocycles. The number of hydrogen-bond donors (Lipinski definition) is 2. The lowest BCUT2D eigenvalue weighted by atomic mass is 9.81. The molecule has 1 aromatic carbocycles. The summed E-state index contributed by atoms with van der Waals surface area (Å²) < 4.78 is 13.0. The van der Waals surface area contributed by atoms with Crippen LogP contribution in [0.2, 0.25) is 0 Å². The molecule has 1 aliphatic rings. The maximum atomic E-state index is 13.0. The lowest BCUT2D eigenvalue weighted by Gasteiger charge is -2.37. The van der Waals surface area contributed by atoms with Crippen LogP contribution in [-0.2, 0) is 4.84 Å². The molecule has 6 heteroatoms. The standard InChI is InChI=1S/C14H19FN2O3/c1-16-20-14(19)17-7-6-13(11(8-17)9-18)10-2-4-12(15)5-3-10/h2-5,11,13,16,18H,6-9H2,1H3/t11-,13?/m0/s1. The first-order chi connectivity index (χ1) is 9.65. The van der Waals surface area contributed by atoms with E-state index in [1.54, 1.807) is 17.0 Å². The maximum absolute atomic E-state index is 13.0. The van der Waals surface area contributed by atoms with Crippen LogP contribution in [0.4, 0.5) is 9.18 Å². The molecule has 5 nitrogen and oxygen atoms in total. The molecule has 0 aliphatic carbocycles. The number of hydroxylamine groups is 1. The fraction of sp³-hybridized carbons (Fsp3) is 0.500. The molecule has 110 valence electrons. The molecule has 0 radical (unpaired) electrons. The van der Waals surface area contributed by atoms with Gasteiger partial charge in [-0.25, -0.2) is 9.18 Å². The Balaban J connectivity index is 2.06. The van der Waals surface area contributed by atoms with Crippen molar-refractivity contribution >= 4 is 6.09 Å². The van der Waals surface area contributed by atoms with Crippen LogP contribution in [0.1, 0.15) is 17.9 Å². The molecule has 20 heavy (non-hydrogen) atoms. The molecule has 1 fully saturated rings. The number of piperidine rings is 1. The molecule has 0 spiro atoms. The predicted molar refractivity (Wildman–Crippen MR) is 71.4 cm³/mol. The number of halogens is 1. The van der Waals surface area contributed by atoms with Crippen molar-refractivity contribution in [3.05, 3.63) is 35.6 Å². The summed E-state index contributed by atoms with van der Waals surface area (Å²) >= 11 is 0. The number of carbonyl (C=O) groups is 1. The van der Waals surface area contributed by atoms with Gasteiger partial charge in [0.05, 0.1) is 0 Å². The Hall–Kier alpha value is -1.66. The first kappa shape index (κ1) is 14.7. The average molecular weight is 282 g/mol. The lowest BCUT2D eigenvalue weighted by molar-refractivity contribution is 0.0404. The van der Waals surface area contributed by atoms with E-state index >= 15 is 0 Å². The van der Waals surface area contributed by atoms with Gasteiger partial charge in [0.25, 0.3) is 0 Å². The number of rotatable bonds is 3. The number of carbonyl (C=O) groups excluding carboxylic acids is 1. The van der Waals surface area contributed by atoms with Crippen LogP contribution in [0, 0.1) is 11.7 Å². The van der Waals surface area contributed by atoms with E-state index in [0.717, 1.165) is 12.0 Å².